The van der Waals surface area contributed by atoms with Crippen molar-refractivity contribution in [2.45, 2.75) is 0 Å². The minimum absolute atomic E-state index is 0.723. The third-order valence-corrected chi connectivity index (χ3v) is 8.68. The molecule has 0 aromatic heterocycles. The van der Waals surface area contributed by atoms with Crippen LogP contribution in [0.3, 0.4) is 0 Å². The highest BCUT2D eigenvalue weighted by atomic mass is 35.5. The molecule has 0 fully saturated rings. The van der Waals surface area contributed by atoms with Crippen LogP contribution in [-0.2, 0) is 0 Å². The molecule has 0 atom stereocenters. The smallest absolute Gasteiger partial charge is 0.0418 e. The predicted octanol–water partition coefficient (Wildman–Crippen LogP) is 12.5. The molecular formula is C42H27Cl. The third kappa shape index (κ3) is 4.57. The second-order valence-corrected chi connectivity index (χ2v) is 11.5. The van der Waals surface area contributed by atoms with Crippen LogP contribution >= 0.6 is 11.6 Å². The Morgan fingerprint density at radius 3 is 1.21 bits per heavy atom. The number of halogens is 1. The van der Waals surface area contributed by atoms with E-state index in [1.807, 2.05) is 0 Å². The van der Waals surface area contributed by atoms with E-state index in [9.17, 15) is 0 Å². The SMILES string of the molecule is Clc1cc(-c2cc(-c3ccccc3)cc(-c3ccccc3)c2)cc(-c2cccc3c4ccccc4c4ccccc4c23)c1. The Morgan fingerprint density at radius 1 is 0.279 bits per heavy atom. The maximum atomic E-state index is 6.93. The molecule has 43 heavy (non-hydrogen) atoms. The lowest BCUT2D eigenvalue weighted by Crippen LogP contribution is -1.89. The van der Waals surface area contributed by atoms with Gasteiger partial charge in [-0.2, -0.15) is 0 Å². The van der Waals surface area contributed by atoms with E-state index in [0.717, 1.165) is 21.7 Å². The first-order valence-electron chi connectivity index (χ1n) is 14.6. The van der Waals surface area contributed by atoms with Crippen LogP contribution in [0.2, 0.25) is 5.02 Å². The molecular weight excluding hydrogens is 540 g/mol. The van der Waals surface area contributed by atoms with Crippen LogP contribution in [-0.4, -0.2) is 0 Å². The van der Waals surface area contributed by atoms with Crippen LogP contribution in [0.15, 0.2) is 164 Å². The molecule has 0 aliphatic carbocycles. The summed E-state index contributed by atoms with van der Waals surface area (Å²) in [4.78, 5) is 0. The molecule has 0 N–H and O–H groups in total. The topological polar surface area (TPSA) is 0 Å². The van der Waals surface area contributed by atoms with Gasteiger partial charge in [0.15, 0.2) is 0 Å². The minimum atomic E-state index is 0.723. The summed E-state index contributed by atoms with van der Waals surface area (Å²) in [7, 11) is 0. The molecule has 0 aliphatic heterocycles. The Kier molecular flexibility index (Phi) is 6.29. The van der Waals surface area contributed by atoms with E-state index in [2.05, 4.69) is 164 Å². The van der Waals surface area contributed by atoms with Crippen LogP contribution in [0.5, 0.6) is 0 Å². The molecule has 202 valence electrons. The average molecular weight is 567 g/mol. The monoisotopic (exact) mass is 566 g/mol. The zero-order valence-corrected chi connectivity index (χ0v) is 24.2. The summed E-state index contributed by atoms with van der Waals surface area (Å²) in [5.74, 6) is 0. The summed E-state index contributed by atoms with van der Waals surface area (Å²) in [6.07, 6.45) is 0. The van der Waals surface area contributed by atoms with Crippen molar-refractivity contribution in [1.82, 2.24) is 0 Å². The number of rotatable bonds is 4. The van der Waals surface area contributed by atoms with E-state index < -0.39 is 0 Å². The Balaban J connectivity index is 1.38. The van der Waals surface area contributed by atoms with E-state index in [-0.39, 0.29) is 0 Å². The predicted molar refractivity (Wildman–Crippen MR) is 186 cm³/mol. The Morgan fingerprint density at radius 2 is 0.651 bits per heavy atom. The normalized spacial score (nSPS) is 11.4. The van der Waals surface area contributed by atoms with Crippen molar-refractivity contribution in [2.24, 2.45) is 0 Å². The van der Waals surface area contributed by atoms with Gasteiger partial charge in [-0.25, -0.2) is 0 Å². The van der Waals surface area contributed by atoms with Gasteiger partial charge in [-0.05, 0) is 113 Å². The quantitative estimate of drug-likeness (QED) is 0.186. The summed E-state index contributed by atoms with van der Waals surface area (Å²) >= 11 is 6.93. The van der Waals surface area contributed by atoms with Gasteiger partial charge in [-0.15, -0.1) is 0 Å². The number of hydrogen-bond donors (Lipinski definition) is 0. The second-order valence-electron chi connectivity index (χ2n) is 11.1. The lowest BCUT2D eigenvalue weighted by Gasteiger charge is -2.16. The summed E-state index contributed by atoms with van der Waals surface area (Å²) in [5, 5.41) is 8.30. The maximum Gasteiger partial charge on any atom is 0.0418 e. The molecule has 0 unspecified atom stereocenters. The van der Waals surface area contributed by atoms with Crippen LogP contribution in [0.4, 0.5) is 0 Å². The third-order valence-electron chi connectivity index (χ3n) is 8.46. The van der Waals surface area contributed by atoms with Gasteiger partial charge in [0, 0.05) is 5.02 Å². The fraction of sp³-hybridized carbons (Fsp3) is 0. The molecule has 0 amide bonds. The number of hydrogen-bond acceptors (Lipinski definition) is 0. The second kappa shape index (κ2) is 10.6. The van der Waals surface area contributed by atoms with E-state index in [1.54, 1.807) is 0 Å². The summed E-state index contributed by atoms with van der Waals surface area (Å²) in [5.41, 5.74) is 9.28. The molecule has 1 heteroatoms. The zero-order chi connectivity index (χ0) is 28.8. The Hall–Kier alpha value is -5.17. The van der Waals surface area contributed by atoms with Crippen molar-refractivity contribution < 1.29 is 0 Å². The van der Waals surface area contributed by atoms with Crippen molar-refractivity contribution in [3.63, 3.8) is 0 Å². The largest absolute Gasteiger partial charge is 0.0843 e. The van der Waals surface area contributed by atoms with Gasteiger partial charge in [0.25, 0.3) is 0 Å². The first-order valence-corrected chi connectivity index (χ1v) is 15.0. The molecule has 0 spiro atoms. The summed E-state index contributed by atoms with van der Waals surface area (Å²) in [6, 6.07) is 58.6. The highest BCUT2D eigenvalue weighted by Gasteiger charge is 2.15. The summed E-state index contributed by atoms with van der Waals surface area (Å²) in [6.45, 7) is 0. The number of benzene rings is 8. The van der Waals surface area contributed by atoms with Gasteiger partial charge in [0.05, 0.1) is 0 Å². The number of fused-ring (bicyclic) bond motifs is 6. The zero-order valence-electron chi connectivity index (χ0n) is 23.5. The van der Waals surface area contributed by atoms with Crippen LogP contribution in [0.25, 0.3) is 76.8 Å². The molecule has 0 saturated heterocycles. The Labute approximate surface area is 256 Å². The van der Waals surface area contributed by atoms with Crippen molar-refractivity contribution in [3.05, 3.63) is 169 Å². The molecule has 0 saturated carbocycles. The first kappa shape index (κ1) is 25.5. The Bertz CT molecular complexity index is 2180. The standard InChI is InChI=1S/C42H27Cl/c43-35-26-33(32-23-30(28-12-3-1-4-13-28)22-31(24-32)29-14-5-2-6-15-29)25-34(27-35)36-20-11-21-41-39-17-8-7-16-37(39)38-18-9-10-19-40(38)42(36)41/h1-27H. The van der Waals surface area contributed by atoms with E-state index in [1.165, 1.54) is 60.1 Å². The molecule has 0 heterocycles. The molecule has 0 radical (unpaired) electrons. The van der Waals surface area contributed by atoms with Crippen molar-refractivity contribution in [2.75, 3.05) is 0 Å². The van der Waals surface area contributed by atoms with Gasteiger partial charge in [-0.1, -0.05) is 139 Å². The van der Waals surface area contributed by atoms with Gasteiger partial charge in [0.2, 0.25) is 0 Å². The van der Waals surface area contributed by atoms with Crippen molar-refractivity contribution in [1.29, 1.82) is 0 Å². The van der Waals surface area contributed by atoms with E-state index in [4.69, 9.17) is 11.6 Å². The molecule has 0 aliphatic rings. The van der Waals surface area contributed by atoms with Gasteiger partial charge in [0.1, 0.15) is 0 Å². The molecule has 8 aromatic rings. The maximum absolute atomic E-state index is 6.93. The van der Waals surface area contributed by atoms with Crippen molar-refractivity contribution in [3.8, 4) is 44.5 Å². The van der Waals surface area contributed by atoms with Crippen LogP contribution in [0.1, 0.15) is 0 Å². The lowest BCUT2D eigenvalue weighted by molar-refractivity contribution is 1.56. The van der Waals surface area contributed by atoms with Gasteiger partial charge >= 0.3 is 0 Å². The van der Waals surface area contributed by atoms with Crippen LogP contribution < -0.4 is 0 Å². The van der Waals surface area contributed by atoms with E-state index in [0.29, 0.717) is 0 Å². The molecule has 0 bridgehead atoms. The summed E-state index contributed by atoms with van der Waals surface area (Å²) < 4.78 is 0. The fourth-order valence-corrected chi connectivity index (χ4v) is 6.73. The average Bonchev–Trinajstić information content (AvgIpc) is 3.08. The molecule has 8 aromatic carbocycles. The first-order chi connectivity index (χ1) is 21.2. The van der Waals surface area contributed by atoms with Crippen LogP contribution in [0, 0.1) is 0 Å². The highest BCUT2D eigenvalue weighted by Crippen LogP contribution is 2.42. The molecule has 8 rings (SSSR count). The van der Waals surface area contributed by atoms with Gasteiger partial charge < -0.3 is 0 Å². The minimum Gasteiger partial charge on any atom is -0.0843 e. The lowest BCUT2D eigenvalue weighted by atomic mass is 9.88. The fourth-order valence-electron chi connectivity index (χ4n) is 6.50. The highest BCUT2D eigenvalue weighted by molar-refractivity contribution is 6.32. The molecule has 0 nitrogen and oxygen atoms in total. The van der Waals surface area contributed by atoms with E-state index >= 15 is 0 Å². The van der Waals surface area contributed by atoms with Crippen molar-refractivity contribution >= 4 is 43.9 Å². The van der Waals surface area contributed by atoms with Gasteiger partial charge in [-0.3, -0.25) is 0 Å².